The molecule has 2 heterocycles. The van der Waals surface area contributed by atoms with Crippen molar-refractivity contribution in [3.8, 4) is 0 Å². The molecule has 2 amide bonds. The van der Waals surface area contributed by atoms with Gasteiger partial charge >= 0.3 is 0 Å². The Bertz CT molecular complexity index is 1230. The molecule has 7 nitrogen and oxygen atoms in total. The highest BCUT2D eigenvalue weighted by atomic mass is 35.5. The molecule has 2 N–H and O–H groups in total. The lowest BCUT2D eigenvalue weighted by atomic mass is 10.2. The highest BCUT2D eigenvalue weighted by Crippen LogP contribution is 2.27. The van der Waals surface area contributed by atoms with Gasteiger partial charge in [0.15, 0.2) is 5.13 Å². The number of aromatic nitrogens is 1. The number of nitrogens with one attached hydrogen (secondary N) is 2. The number of halogens is 1. The van der Waals surface area contributed by atoms with Crippen LogP contribution in [0.5, 0.6) is 0 Å². The number of benzene rings is 2. The molecular formula is C25H23ClN4O3S. The van der Waals surface area contributed by atoms with E-state index in [0.29, 0.717) is 40.4 Å². The van der Waals surface area contributed by atoms with Crippen molar-refractivity contribution >= 4 is 45.6 Å². The van der Waals surface area contributed by atoms with Gasteiger partial charge in [0.25, 0.3) is 5.91 Å². The van der Waals surface area contributed by atoms with Gasteiger partial charge in [-0.15, -0.1) is 11.3 Å². The number of furan rings is 1. The third-order valence-corrected chi connectivity index (χ3v) is 6.08. The summed E-state index contributed by atoms with van der Waals surface area (Å²) >= 11 is 7.53. The van der Waals surface area contributed by atoms with Crippen molar-refractivity contribution in [3.63, 3.8) is 0 Å². The molecule has 4 aromatic rings. The number of nitrogens with zero attached hydrogens (tertiary/aromatic N) is 2. The monoisotopic (exact) mass is 494 g/mol. The van der Waals surface area contributed by atoms with E-state index in [1.54, 1.807) is 34.7 Å². The van der Waals surface area contributed by atoms with Gasteiger partial charge in [0, 0.05) is 24.9 Å². The molecule has 2 aromatic carbocycles. The van der Waals surface area contributed by atoms with Crippen molar-refractivity contribution in [2.24, 2.45) is 0 Å². The SMILES string of the molecule is O=C(CCN(Cc1ccccc1)C(=O)c1csc(Nc2ccccc2Cl)n1)NCc1ccco1. The average molecular weight is 495 g/mol. The molecule has 174 valence electrons. The minimum atomic E-state index is -0.244. The second kappa shape index (κ2) is 11.5. The van der Waals surface area contributed by atoms with Crippen molar-refractivity contribution in [2.45, 2.75) is 19.5 Å². The van der Waals surface area contributed by atoms with Crippen molar-refractivity contribution in [2.75, 3.05) is 11.9 Å². The van der Waals surface area contributed by atoms with Crippen molar-refractivity contribution in [1.29, 1.82) is 0 Å². The minimum absolute atomic E-state index is 0.161. The first kappa shape index (κ1) is 23.5. The fourth-order valence-electron chi connectivity index (χ4n) is 3.25. The van der Waals surface area contributed by atoms with Crippen LogP contribution in [-0.2, 0) is 17.9 Å². The Labute approximate surface area is 206 Å². The topological polar surface area (TPSA) is 87.5 Å². The van der Waals surface area contributed by atoms with Crippen LogP contribution in [0, 0.1) is 0 Å². The lowest BCUT2D eigenvalue weighted by Gasteiger charge is -2.22. The Hall–Kier alpha value is -3.62. The lowest BCUT2D eigenvalue weighted by Crippen LogP contribution is -2.35. The van der Waals surface area contributed by atoms with Crippen molar-refractivity contribution < 1.29 is 14.0 Å². The molecule has 0 spiro atoms. The zero-order chi connectivity index (χ0) is 23.8. The van der Waals surface area contributed by atoms with E-state index < -0.39 is 0 Å². The Kier molecular flexibility index (Phi) is 7.95. The molecule has 0 fully saturated rings. The molecule has 0 aliphatic carbocycles. The molecule has 0 atom stereocenters. The van der Waals surface area contributed by atoms with E-state index >= 15 is 0 Å². The second-order valence-corrected chi connectivity index (χ2v) is 8.73. The number of carbonyl (C=O) groups is 2. The predicted octanol–water partition coefficient (Wildman–Crippen LogP) is 5.48. The molecule has 0 saturated heterocycles. The maximum atomic E-state index is 13.3. The highest BCUT2D eigenvalue weighted by Gasteiger charge is 2.20. The fraction of sp³-hybridized carbons (Fsp3) is 0.160. The number of hydrogen-bond acceptors (Lipinski definition) is 6. The Morgan fingerprint density at radius 3 is 2.59 bits per heavy atom. The lowest BCUT2D eigenvalue weighted by molar-refractivity contribution is -0.121. The van der Waals surface area contributed by atoms with E-state index in [9.17, 15) is 9.59 Å². The van der Waals surface area contributed by atoms with E-state index in [4.69, 9.17) is 16.0 Å². The maximum Gasteiger partial charge on any atom is 0.273 e. The smallest absolute Gasteiger partial charge is 0.273 e. The highest BCUT2D eigenvalue weighted by molar-refractivity contribution is 7.14. The van der Waals surface area contributed by atoms with Crippen LogP contribution in [0.4, 0.5) is 10.8 Å². The van der Waals surface area contributed by atoms with Crippen LogP contribution < -0.4 is 10.6 Å². The Morgan fingerprint density at radius 2 is 1.82 bits per heavy atom. The molecule has 9 heteroatoms. The predicted molar refractivity (Wildman–Crippen MR) is 133 cm³/mol. The molecule has 34 heavy (non-hydrogen) atoms. The molecule has 0 saturated carbocycles. The molecule has 4 rings (SSSR count). The summed E-state index contributed by atoms with van der Waals surface area (Å²) in [5, 5.41) is 8.79. The molecule has 0 radical (unpaired) electrons. The second-order valence-electron chi connectivity index (χ2n) is 7.46. The quantitative estimate of drug-likeness (QED) is 0.305. The van der Waals surface area contributed by atoms with Gasteiger partial charge in [-0.3, -0.25) is 9.59 Å². The van der Waals surface area contributed by atoms with E-state index in [2.05, 4.69) is 15.6 Å². The van der Waals surface area contributed by atoms with Gasteiger partial charge in [0.2, 0.25) is 5.91 Å². The fourth-order valence-corrected chi connectivity index (χ4v) is 4.13. The van der Waals surface area contributed by atoms with Gasteiger partial charge in [-0.2, -0.15) is 0 Å². The van der Waals surface area contributed by atoms with Crippen LogP contribution in [0.15, 0.2) is 82.8 Å². The number of amides is 2. The van der Waals surface area contributed by atoms with Gasteiger partial charge in [0.1, 0.15) is 11.5 Å². The molecule has 2 aromatic heterocycles. The third-order valence-electron chi connectivity index (χ3n) is 4.99. The summed E-state index contributed by atoms with van der Waals surface area (Å²) in [5.74, 6) is 0.263. The Morgan fingerprint density at radius 1 is 1.03 bits per heavy atom. The number of hydrogen-bond donors (Lipinski definition) is 2. The first-order chi connectivity index (χ1) is 16.6. The summed E-state index contributed by atoms with van der Waals surface area (Å²) in [6, 6.07) is 20.5. The normalized spacial score (nSPS) is 10.6. The van der Waals surface area contributed by atoms with Gasteiger partial charge in [0.05, 0.1) is 23.5 Å². The van der Waals surface area contributed by atoms with Crippen LogP contribution in [0.1, 0.15) is 28.2 Å². The first-order valence-corrected chi connectivity index (χ1v) is 11.9. The van der Waals surface area contributed by atoms with E-state index in [1.807, 2.05) is 48.5 Å². The van der Waals surface area contributed by atoms with Crippen LogP contribution in [-0.4, -0.2) is 28.2 Å². The van der Waals surface area contributed by atoms with Crippen molar-refractivity contribution in [3.05, 3.63) is 100 Å². The third kappa shape index (κ3) is 6.46. The van der Waals surface area contributed by atoms with Gasteiger partial charge in [-0.1, -0.05) is 54.1 Å². The summed E-state index contributed by atoms with van der Waals surface area (Å²) in [5.41, 5.74) is 2.00. The summed E-state index contributed by atoms with van der Waals surface area (Å²) in [6.07, 6.45) is 1.72. The number of carbonyl (C=O) groups excluding carboxylic acids is 2. The van der Waals surface area contributed by atoms with E-state index in [1.165, 1.54) is 11.3 Å². The molecule has 0 aliphatic heterocycles. The van der Waals surface area contributed by atoms with E-state index in [-0.39, 0.29) is 24.8 Å². The summed E-state index contributed by atoms with van der Waals surface area (Å²) < 4.78 is 5.24. The molecule has 0 bridgehead atoms. The zero-order valence-corrected chi connectivity index (χ0v) is 19.8. The molecule has 0 aliphatic rings. The average Bonchev–Trinajstić information content (AvgIpc) is 3.54. The number of thiazole rings is 1. The summed E-state index contributed by atoms with van der Waals surface area (Å²) in [4.78, 5) is 31.8. The van der Waals surface area contributed by atoms with Crippen LogP contribution in [0.25, 0.3) is 0 Å². The van der Waals surface area contributed by atoms with Crippen LogP contribution in [0.2, 0.25) is 5.02 Å². The summed E-state index contributed by atoms with van der Waals surface area (Å²) in [7, 11) is 0. The number of para-hydroxylation sites is 1. The zero-order valence-electron chi connectivity index (χ0n) is 18.2. The van der Waals surface area contributed by atoms with Crippen molar-refractivity contribution in [1.82, 2.24) is 15.2 Å². The van der Waals surface area contributed by atoms with Crippen LogP contribution in [0.3, 0.4) is 0 Å². The largest absolute Gasteiger partial charge is 0.467 e. The van der Waals surface area contributed by atoms with Crippen LogP contribution >= 0.6 is 22.9 Å². The first-order valence-electron chi connectivity index (χ1n) is 10.7. The van der Waals surface area contributed by atoms with E-state index in [0.717, 1.165) is 5.56 Å². The summed E-state index contributed by atoms with van der Waals surface area (Å²) in [6.45, 7) is 0.931. The Balaban J connectivity index is 1.42. The number of rotatable bonds is 10. The molecule has 0 unspecified atom stereocenters. The standard InChI is InChI=1S/C25H23ClN4O3S/c26-20-10-4-5-11-21(20)28-25-29-22(17-34-25)24(32)30(16-18-7-2-1-3-8-18)13-12-23(31)27-15-19-9-6-14-33-19/h1-11,14,17H,12-13,15-16H2,(H,27,31)(H,28,29). The van der Waals surface area contributed by atoms with Gasteiger partial charge < -0.3 is 20.0 Å². The maximum absolute atomic E-state index is 13.3. The van der Waals surface area contributed by atoms with Gasteiger partial charge in [-0.25, -0.2) is 4.98 Å². The number of anilines is 2. The minimum Gasteiger partial charge on any atom is -0.467 e. The van der Waals surface area contributed by atoms with Gasteiger partial charge in [-0.05, 0) is 29.8 Å². The molecular weight excluding hydrogens is 472 g/mol.